The number of aldehydes is 1. The molecule has 0 bridgehead atoms. The van der Waals surface area contributed by atoms with Crippen LogP contribution in [0.15, 0.2) is 48.5 Å². The molecular weight excluding hydrogens is 220 g/mol. The summed E-state index contributed by atoms with van der Waals surface area (Å²) in [5.41, 5.74) is 4.90. The highest BCUT2D eigenvalue weighted by Gasteiger charge is 2.20. The molecule has 2 aromatic carbocycles. The van der Waals surface area contributed by atoms with Crippen molar-refractivity contribution in [1.29, 1.82) is 0 Å². The molecule has 0 atom stereocenters. The number of hydrogen-bond acceptors (Lipinski definition) is 1. The van der Waals surface area contributed by atoms with Gasteiger partial charge in [0.25, 0.3) is 0 Å². The Labute approximate surface area is 107 Å². The zero-order chi connectivity index (χ0) is 12.4. The van der Waals surface area contributed by atoms with Gasteiger partial charge in [0, 0.05) is 12.3 Å². The van der Waals surface area contributed by atoms with Crippen molar-refractivity contribution in [3.05, 3.63) is 70.8 Å². The third-order valence-electron chi connectivity index (χ3n) is 3.52. The van der Waals surface area contributed by atoms with Crippen LogP contribution in [0.4, 0.5) is 0 Å². The quantitative estimate of drug-likeness (QED) is 0.720. The highest BCUT2D eigenvalue weighted by atomic mass is 16.1. The van der Waals surface area contributed by atoms with Gasteiger partial charge in [-0.2, -0.15) is 0 Å². The second-order valence-corrected chi connectivity index (χ2v) is 4.55. The van der Waals surface area contributed by atoms with E-state index in [1.807, 2.05) is 24.3 Å². The van der Waals surface area contributed by atoms with E-state index in [-0.39, 0.29) is 5.92 Å². The van der Waals surface area contributed by atoms with E-state index in [9.17, 15) is 4.79 Å². The molecule has 0 aliphatic heterocycles. The lowest BCUT2D eigenvalue weighted by Crippen LogP contribution is -2.04. The van der Waals surface area contributed by atoms with Crippen molar-refractivity contribution >= 4 is 18.4 Å². The maximum atomic E-state index is 11.0. The van der Waals surface area contributed by atoms with Crippen molar-refractivity contribution in [2.45, 2.75) is 12.3 Å². The molecule has 2 aromatic rings. The lowest BCUT2D eigenvalue weighted by Gasteiger charge is -2.17. The van der Waals surface area contributed by atoms with Crippen LogP contribution in [0.5, 0.6) is 0 Å². The second kappa shape index (κ2) is 4.61. The third-order valence-corrected chi connectivity index (χ3v) is 3.52. The first kappa shape index (κ1) is 11.0. The Balaban J connectivity index is 2.23. The van der Waals surface area contributed by atoms with Crippen LogP contribution in [-0.4, -0.2) is 6.29 Å². The monoisotopic (exact) mass is 234 g/mol. The molecule has 1 heteroatoms. The molecule has 0 aromatic heterocycles. The van der Waals surface area contributed by atoms with Crippen molar-refractivity contribution in [1.82, 2.24) is 0 Å². The fourth-order valence-corrected chi connectivity index (χ4v) is 2.66. The summed E-state index contributed by atoms with van der Waals surface area (Å²) >= 11 is 0. The SMILES string of the molecule is O=CCC1c2ccccc2C=Cc2ccccc21. The molecule has 0 unspecified atom stereocenters. The van der Waals surface area contributed by atoms with Gasteiger partial charge in [-0.25, -0.2) is 0 Å². The van der Waals surface area contributed by atoms with Gasteiger partial charge in [-0.1, -0.05) is 60.7 Å². The van der Waals surface area contributed by atoms with Crippen molar-refractivity contribution in [2.24, 2.45) is 0 Å². The Morgan fingerprint density at radius 2 is 1.33 bits per heavy atom. The van der Waals surface area contributed by atoms with Gasteiger partial charge >= 0.3 is 0 Å². The smallest absolute Gasteiger partial charge is 0.120 e. The molecule has 0 saturated heterocycles. The summed E-state index contributed by atoms with van der Waals surface area (Å²) in [7, 11) is 0. The molecule has 0 saturated carbocycles. The van der Waals surface area contributed by atoms with E-state index in [4.69, 9.17) is 0 Å². The van der Waals surface area contributed by atoms with Crippen LogP contribution in [-0.2, 0) is 4.79 Å². The van der Waals surface area contributed by atoms with Crippen molar-refractivity contribution in [2.75, 3.05) is 0 Å². The standard InChI is InChI=1S/C17H14O/c18-12-11-17-15-7-3-1-5-13(15)9-10-14-6-2-4-8-16(14)17/h1-10,12,17H,11H2. The fraction of sp³-hybridized carbons (Fsp3) is 0.118. The topological polar surface area (TPSA) is 17.1 Å². The minimum Gasteiger partial charge on any atom is -0.303 e. The third kappa shape index (κ3) is 1.78. The Hall–Kier alpha value is -2.15. The zero-order valence-corrected chi connectivity index (χ0v) is 10.0. The summed E-state index contributed by atoms with van der Waals surface area (Å²) < 4.78 is 0. The van der Waals surface area contributed by atoms with Gasteiger partial charge in [0.05, 0.1) is 0 Å². The van der Waals surface area contributed by atoms with Crippen LogP contribution in [0.2, 0.25) is 0 Å². The molecule has 0 fully saturated rings. The number of carbonyl (C=O) groups is 1. The molecule has 0 N–H and O–H groups in total. The van der Waals surface area contributed by atoms with Gasteiger partial charge in [-0.05, 0) is 22.3 Å². The second-order valence-electron chi connectivity index (χ2n) is 4.55. The molecule has 0 heterocycles. The molecule has 0 amide bonds. The molecule has 0 radical (unpaired) electrons. The largest absolute Gasteiger partial charge is 0.303 e. The maximum Gasteiger partial charge on any atom is 0.120 e. The summed E-state index contributed by atoms with van der Waals surface area (Å²) in [6.07, 6.45) is 5.83. The van der Waals surface area contributed by atoms with E-state index in [0.29, 0.717) is 6.42 Å². The van der Waals surface area contributed by atoms with Gasteiger partial charge in [0.1, 0.15) is 6.29 Å². The highest BCUT2D eigenvalue weighted by molar-refractivity contribution is 5.77. The van der Waals surface area contributed by atoms with E-state index >= 15 is 0 Å². The molecule has 18 heavy (non-hydrogen) atoms. The fourth-order valence-electron chi connectivity index (χ4n) is 2.66. The number of rotatable bonds is 2. The average Bonchev–Trinajstić information content (AvgIpc) is 2.58. The first-order valence-corrected chi connectivity index (χ1v) is 6.19. The van der Waals surface area contributed by atoms with Crippen LogP contribution in [0.3, 0.4) is 0 Å². The van der Waals surface area contributed by atoms with Crippen LogP contribution in [0, 0.1) is 0 Å². The summed E-state index contributed by atoms with van der Waals surface area (Å²) in [4.78, 5) is 11.0. The van der Waals surface area contributed by atoms with Crippen LogP contribution >= 0.6 is 0 Å². The molecule has 1 aliphatic carbocycles. The average molecular weight is 234 g/mol. The Morgan fingerprint density at radius 1 is 0.833 bits per heavy atom. The van der Waals surface area contributed by atoms with E-state index in [1.54, 1.807) is 0 Å². The minimum absolute atomic E-state index is 0.171. The van der Waals surface area contributed by atoms with Crippen molar-refractivity contribution in [3.8, 4) is 0 Å². The number of fused-ring (bicyclic) bond motifs is 2. The first-order valence-electron chi connectivity index (χ1n) is 6.19. The van der Waals surface area contributed by atoms with Crippen molar-refractivity contribution < 1.29 is 4.79 Å². The van der Waals surface area contributed by atoms with E-state index in [1.165, 1.54) is 22.3 Å². The van der Waals surface area contributed by atoms with Crippen molar-refractivity contribution in [3.63, 3.8) is 0 Å². The lowest BCUT2D eigenvalue weighted by atomic mass is 9.86. The summed E-state index contributed by atoms with van der Waals surface area (Å²) in [5.74, 6) is 0.171. The van der Waals surface area contributed by atoms with E-state index in [0.717, 1.165) is 6.29 Å². The highest BCUT2D eigenvalue weighted by Crippen LogP contribution is 2.35. The first-order chi connectivity index (χ1) is 8.90. The van der Waals surface area contributed by atoms with Gasteiger partial charge in [0.15, 0.2) is 0 Å². The molecule has 88 valence electrons. The van der Waals surface area contributed by atoms with Crippen LogP contribution in [0.25, 0.3) is 12.2 Å². The maximum absolute atomic E-state index is 11.0. The molecule has 0 spiro atoms. The number of carbonyl (C=O) groups excluding carboxylic acids is 1. The normalized spacial score (nSPS) is 13.6. The van der Waals surface area contributed by atoms with Gasteiger partial charge in [-0.3, -0.25) is 0 Å². The Kier molecular flexibility index (Phi) is 2.81. The number of benzene rings is 2. The molecular formula is C17H14O. The van der Waals surface area contributed by atoms with E-state index < -0.39 is 0 Å². The van der Waals surface area contributed by atoms with Gasteiger partial charge in [0.2, 0.25) is 0 Å². The minimum atomic E-state index is 0.171. The summed E-state index contributed by atoms with van der Waals surface area (Å²) in [6.45, 7) is 0. The molecule has 3 rings (SSSR count). The Morgan fingerprint density at radius 3 is 1.83 bits per heavy atom. The Bertz CT molecular complexity index is 561. The summed E-state index contributed by atoms with van der Waals surface area (Å²) in [5, 5.41) is 0. The van der Waals surface area contributed by atoms with E-state index in [2.05, 4.69) is 36.4 Å². The van der Waals surface area contributed by atoms with Gasteiger partial charge in [-0.15, -0.1) is 0 Å². The predicted molar refractivity (Wildman–Crippen MR) is 74.3 cm³/mol. The molecule has 1 aliphatic rings. The van der Waals surface area contributed by atoms with Crippen LogP contribution in [0.1, 0.15) is 34.6 Å². The van der Waals surface area contributed by atoms with Gasteiger partial charge < -0.3 is 4.79 Å². The number of hydrogen-bond donors (Lipinski definition) is 0. The lowest BCUT2D eigenvalue weighted by molar-refractivity contribution is -0.108. The molecule has 1 nitrogen and oxygen atoms in total. The zero-order valence-electron chi connectivity index (χ0n) is 10.0. The van der Waals surface area contributed by atoms with Crippen LogP contribution < -0.4 is 0 Å². The predicted octanol–water partition coefficient (Wildman–Crippen LogP) is 3.89. The summed E-state index contributed by atoms with van der Waals surface area (Å²) in [6, 6.07) is 16.6.